The third-order valence-electron chi connectivity index (χ3n) is 3.99. The molecular formula is C20H15Cl2O3PS2. The topological polar surface area (TPSA) is 27.7 Å². The van der Waals surface area contributed by atoms with Crippen molar-refractivity contribution in [2.45, 2.75) is 23.6 Å². The first-order valence-electron chi connectivity index (χ1n) is 8.34. The minimum absolute atomic E-state index is 0.563. The zero-order valence-electron chi connectivity index (χ0n) is 14.9. The highest BCUT2D eigenvalue weighted by atomic mass is 35.5. The molecule has 0 saturated heterocycles. The van der Waals surface area contributed by atoms with E-state index >= 15 is 0 Å². The third kappa shape index (κ3) is 4.29. The SMILES string of the molecule is Cc1ccc(OP2(=S)Oc3ccc(Cl)cc3Sc3cc(Cl)ccc3O2)c(C)c1. The highest BCUT2D eigenvalue weighted by molar-refractivity contribution is 8.08. The van der Waals surface area contributed by atoms with Gasteiger partial charge in [-0.05, 0) is 61.9 Å². The fourth-order valence-electron chi connectivity index (χ4n) is 2.71. The van der Waals surface area contributed by atoms with Crippen molar-refractivity contribution < 1.29 is 13.6 Å². The molecule has 0 spiro atoms. The zero-order chi connectivity index (χ0) is 19.9. The van der Waals surface area contributed by atoms with E-state index in [1.165, 1.54) is 11.8 Å². The van der Waals surface area contributed by atoms with Crippen molar-refractivity contribution in [1.82, 2.24) is 0 Å². The standard InChI is InChI=1S/C20H15Cl2O3PS2/c1-12-3-6-16(13(2)9-12)23-26(27)24-17-7-4-14(21)10-19(17)28-20-11-15(22)5-8-18(20)25-26/h3-11H,1-2H3. The molecular weight excluding hydrogens is 454 g/mol. The van der Waals surface area contributed by atoms with Crippen molar-refractivity contribution in [2.75, 3.05) is 0 Å². The molecule has 1 aliphatic heterocycles. The summed E-state index contributed by atoms with van der Waals surface area (Å²) in [6.45, 7) is 0.777. The average molecular weight is 469 g/mol. The molecule has 0 unspecified atom stereocenters. The summed E-state index contributed by atoms with van der Waals surface area (Å²) in [4.78, 5) is 1.63. The van der Waals surface area contributed by atoms with E-state index in [4.69, 9.17) is 48.6 Å². The summed E-state index contributed by atoms with van der Waals surface area (Å²) in [6, 6.07) is 16.6. The normalized spacial score (nSPS) is 14.6. The van der Waals surface area contributed by atoms with Crippen molar-refractivity contribution in [3.63, 3.8) is 0 Å². The Morgan fingerprint density at radius 3 is 1.96 bits per heavy atom. The quantitative estimate of drug-likeness (QED) is 0.357. The van der Waals surface area contributed by atoms with Crippen LogP contribution in [0.3, 0.4) is 0 Å². The number of aryl methyl sites for hydroxylation is 2. The van der Waals surface area contributed by atoms with Gasteiger partial charge in [0, 0.05) is 21.9 Å². The Kier molecular flexibility index (Phi) is 5.56. The molecule has 8 heteroatoms. The summed E-state index contributed by atoms with van der Waals surface area (Å²) in [5.41, 5.74) is 2.10. The van der Waals surface area contributed by atoms with Crippen LogP contribution in [0.5, 0.6) is 17.2 Å². The molecule has 0 bridgehead atoms. The smallest absolute Gasteiger partial charge is 0.407 e. The van der Waals surface area contributed by atoms with Crippen LogP contribution in [-0.2, 0) is 11.8 Å². The third-order valence-corrected chi connectivity index (χ3v) is 7.47. The molecule has 0 fully saturated rings. The van der Waals surface area contributed by atoms with Crippen LogP contribution in [0.4, 0.5) is 0 Å². The fraction of sp³-hybridized carbons (Fsp3) is 0.100. The Balaban J connectivity index is 1.82. The van der Waals surface area contributed by atoms with E-state index in [-0.39, 0.29) is 0 Å². The molecule has 1 heterocycles. The predicted octanol–water partition coefficient (Wildman–Crippen LogP) is 7.84. The molecule has 0 N–H and O–H groups in total. The number of halogens is 2. The zero-order valence-corrected chi connectivity index (χ0v) is 19.0. The molecule has 0 saturated carbocycles. The van der Waals surface area contributed by atoms with Gasteiger partial charge in [0.2, 0.25) is 0 Å². The van der Waals surface area contributed by atoms with Gasteiger partial charge in [-0.2, -0.15) is 0 Å². The number of fused-ring (bicyclic) bond motifs is 2. The monoisotopic (exact) mass is 468 g/mol. The predicted molar refractivity (Wildman–Crippen MR) is 119 cm³/mol. The van der Waals surface area contributed by atoms with Gasteiger partial charge in [0.15, 0.2) is 0 Å². The van der Waals surface area contributed by atoms with Crippen molar-refractivity contribution in [3.05, 3.63) is 75.8 Å². The van der Waals surface area contributed by atoms with Crippen LogP contribution in [0.25, 0.3) is 0 Å². The van der Waals surface area contributed by atoms with Crippen molar-refractivity contribution >= 4 is 53.5 Å². The second-order valence-corrected chi connectivity index (χ2v) is 11.0. The molecule has 28 heavy (non-hydrogen) atoms. The van der Waals surface area contributed by atoms with Gasteiger partial charge in [-0.3, -0.25) is 0 Å². The Morgan fingerprint density at radius 1 is 0.857 bits per heavy atom. The summed E-state index contributed by atoms with van der Waals surface area (Å²) in [6.07, 6.45) is 0. The average Bonchev–Trinajstić information content (AvgIpc) is 2.61. The first-order chi connectivity index (χ1) is 13.3. The largest absolute Gasteiger partial charge is 0.490 e. The minimum atomic E-state index is -3.21. The number of benzene rings is 3. The molecule has 4 rings (SSSR count). The van der Waals surface area contributed by atoms with Crippen LogP contribution in [0.2, 0.25) is 10.0 Å². The van der Waals surface area contributed by atoms with Gasteiger partial charge in [-0.15, -0.1) is 0 Å². The molecule has 3 nitrogen and oxygen atoms in total. The number of hydrogen-bond donors (Lipinski definition) is 0. The molecule has 0 amide bonds. The first kappa shape index (κ1) is 19.9. The summed E-state index contributed by atoms with van der Waals surface area (Å²) < 4.78 is 18.4. The maximum absolute atomic E-state index is 6.19. The van der Waals surface area contributed by atoms with Gasteiger partial charge in [-0.25, -0.2) is 0 Å². The van der Waals surface area contributed by atoms with E-state index < -0.39 is 6.72 Å². The van der Waals surface area contributed by atoms with E-state index in [9.17, 15) is 0 Å². The van der Waals surface area contributed by atoms with Crippen LogP contribution in [-0.4, -0.2) is 0 Å². The van der Waals surface area contributed by atoms with Crippen LogP contribution < -0.4 is 13.6 Å². The Hall–Kier alpha value is -1.36. The summed E-state index contributed by atoms with van der Waals surface area (Å²) in [7, 11) is 0. The van der Waals surface area contributed by atoms with Gasteiger partial charge in [0.1, 0.15) is 17.2 Å². The molecule has 3 aromatic rings. The van der Waals surface area contributed by atoms with Gasteiger partial charge in [0.25, 0.3) is 0 Å². The first-order valence-corrected chi connectivity index (χ1v) is 12.5. The maximum atomic E-state index is 6.19. The van der Waals surface area contributed by atoms with Crippen LogP contribution in [0, 0.1) is 13.8 Å². The van der Waals surface area contributed by atoms with Crippen molar-refractivity contribution in [1.29, 1.82) is 0 Å². The van der Waals surface area contributed by atoms with Crippen LogP contribution in [0.1, 0.15) is 11.1 Å². The molecule has 3 aromatic carbocycles. The van der Waals surface area contributed by atoms with Crippen molar-refractivity contribution in [2.24, 2.45) is 0 Å². The highest BCUT2D eigenvalue weighted by Crippen LogP contribution is 2.57. The van der Waals surface area contributed by atoms with Crippen LogP contribution >= 0.6 is 41.7 Å². The molecule has 0 aromatic heterocycles. The van der Waals surface area contributed by atoms with Crippen molar-refractivity contribution in [3.8, 4) is 17.2 Å². The molecule has 0 aliphatic carbocycles. The Morgan fingerprint density at radius 2 is 1.43 bits per heavy atom. The Bertz CT molecular complexity index is 1050. The highest BCUT2D eigenvalue weighted by Gasteiger charge is 2.32. The molecule has 1 aliphatic rings. The maximum Gasteiger partial charge on any atom is 0.490 e. The fourth-order valence-corrected chi connectivity index (χ4v) is 6.42. The van der Waals surface area contributed by atoms with E-state index in [2.05, 4.69) is 0 Å². The molecule has 144 valence electrons. The summed E-state index contributed by atoms with van der Waals surface area (Å²) in [5.74, 6) is 1.76. The Labute approximate surface area is 183 Å². The number of rotatable bonds is 2. The lowest BCUT2D eigenvalue weighted by Gasteiger charge is -2.28. The van der Waals surface area contributed by atoms with E-state index in [0.29, 0.717) is 27.3 Å². The second-order valence-electron chi connectivity index (χ2n) is 6.27. The van der Waals surface area contributed by atoms with Gasteiger partial charge in [0.05, 0.1) is 9.79 Å². The van der Waals surface area contributed by atoms with E-state index in [1.807, 2.05) is 44.2 Å². The lowest BCUT2D eigenvalue weighted by molar-refractivity contribution is 0.374. The summed E-state index contributed by atoms with van der Waals surface area (Å²) in [5, 5.41) is 1.20. The van der Waals surface area contributed by atoms with Gasteiger partial charge < -0.3 is 13.6 Å². The lowest BCUT2D eigenvalue weighted by Crippen LogP contribution is -2.10. The van der Waals surface area contributed by atoms with Gasteiger partial charge >= 0.3 is 6.72 Å². The minimum Gasteiger partial charge on any atom is -0.407 e. The van der Waals surface area contributed by atoms with Gasteiger partial charge in [-0.1, -0.05) is 52.7 Å². The van der Waals surface area contributed by atoms with Crippen LogP contribution in [0.15, 0.2) is 64.4 Å². The van der Waals surface area contributed by atoms with E-state index in [1.54, 1.807) is 24.3 Å². The number of hydrogen-bond acceptors (Lipinski definition) is 5. The summed E-state index contributed by atoms with van der Waals surface area (Å²) >= 11 is 19.6. The lowest BCUT2D eigenvalue weighted by atomic mass is 10.1. The van der Waals surface area contributed by atoms with E-state index in [0.717, 1.165) is 20.9 Å². The molecule has 0 radical (unpaired) electrons. The molecule has 0 atom stereocenters. The second kappa shape index (κ2) is 7.81.